The van der Waals surface area contributed by atoms with E-state index in [1.54, 1.807) is 6.92 Å². The Kier molecular flexibility index (Phi) is 7.36. The van der Waals surface area contributed by atoms with Crippen molar-refractivity contribution in [3.8, 4) is 0 Å². The number of aryl methyl sites for hydroxylation is 3. The number of rotatable bonds is 10. The smallest absolute Gasteiger partial charge is 0.226 e. The van der Waals surface area contributed by atoms with Crippen molar-refractivity contribution in [1.82, 2.24) is 15.5 Å². The van der Waals surface area contributed by atoms with Crippen LogP contribution in [-0.2, 0) is 17.6 Å². The highest BCUT2D eigenvalue weighted by Gasteiger charge is 2.14. The summed E-state index contributed by atoms with van der Waals surface area (Å²) in [5.41, 5.74) is 2.48. The van der Waals surface area contributed by atoms with Crippen molar-refractivity contribution in [3.63, 3.8) is 0 Å². The van der Waals surface area contributed by atoms with Crippen molar-refractivity contribution in [2.45, 2.75) is 51.5 Å². The maximum Gasteiger partial charge on any atom is 0.226 e. The first-order valence-corrected chi connectivity index (χ1v) is 9.88. The molecule has 1 amide bonds. The van der Waals surface area contributed by atoms with Gasteiger partial charge in [0.15, 0.2) is 5.82 Å². The zero-order valence-electron chi connectivity index (χ0n) is 16.3. The quantitative estimate of drug-likeness (QED) is 0.561. The molecule has 0 aliphatic rings. The van der Waals surface area contributed by atoms with E-state index >= 15 is 0 Å². The fraction of sp³-hybridized carbons (Fsp3) is 0.348. The van der Waals surface area contributed by atoms with Gasteiger partial charge in [-0.2, -0.15) is 4.98 Å². The van der Waals surface area contributed by atoms with Crippen molar-refractivity contribution in [2.75, 3.05) is 0 Å². The molecule has 146 valence electrons. The summed E-state index contributed by atoms with van der Waals surface area (Å²) in [6.45, 7) is 1.79. The van der Waals surface area contributed by atoms with Gasteiger partial charge >= 0.3 is 0 Å². The Morgan fingerprint density at radius 1 is 1.00 bits per heavy atom. The van der Waals surface area contributed by atoms with Crippen LogP contribution < -0.4 is 5.32 Å². The molecule has 3 rings (SSSR count). The summed E-state index contributed by atoms with van der Waals surface area (Å²) in [6.07, 6.45) is 4.70. The van der Waals surface area contributed by atoms with E-state index in [0.29, 0.717) is 31.0 Å². The predicted octanol–water partition coefficient (Wildman–Crippen LogP) is 4.58. The number of nitrogens with one attached hydrogen (secondary N) is 1. The fourth-order valence-corrected chi connectivity index (χ4v) is 3.27. The van der Waals surface area contributed by atoms with Gasteiger partial charge in [0.05, 0.1) is 6.04 Å². The Labute approximate surface area is 166 Å². The molecule has 2 aromatic carbocycles. The van der Waals surface area contributed by atoms with E-state index in [1.165, 1.54) is 5.56 Å². The minimum Gasteiger partial charge on any atom is -0.349 e. The number of aromatic nitrogens is 2. The standard InChI is InChI=1S/C23H27N3O2/c1-18-24-23(28-26-18)17-9-16-22(27)25-21(20-13-6-3-7-14-20)15-8-12-19-10-4-2-5-11-19/h2-7,10-11,13-14,21H,8-9,12,15-17H2,1H3,(H,25,27). The third kappa shape index (κ3) is 6.34. The molecule has 28 heavy (non-hydrogen) atoms. The number of benzene rings is 2. The molecule has 1 aromatic heterocycles. The maximum atomic E-state index is 12.5. The first-order valence-electron chi connectivity index (χ1n) is 9.88. The van der Waals surface area contributed by atoms with Crippen molar-refractivity contribution in [2.24, 2.45) is 0 Å². The molecular weight excluding hydrogens is 350 g/mol. The number of nitrogens with zero attached hydrogens (tertiary/aromatic N) is 2. The lowest BCUT2D eigenvalue weighted by molar-refractivity contribution is -0.122. The molecule has 5 heteroatoms. The van der Waals surface area contributed by atoms with Crippen LogP contribution in [0, 0.1) is 6.92 Å². The summed E-state index contributed by atoms with van der Waals surface area (Å²) < 4.78 is 5.10. The number of amides is 1. The summed E-state index contributed by atoms with van der Waals surface area (Å²) in [7, 11) is 0. The molecule has 0 aliphatic carbocycles. The van der Waals surface area contributed by atoms with Crippen LogP contribution in [0.5, 0.6) is 0 Å². The number of hydrogen-bond acceptors (Lipinski definition) is 4. The molecule has 0 aliphatic heterocycles. The second-order valence-electron chi connectivity index (χ2n) is 7.00. The summed E-state index contributed by atoms with van der Waals surface area (Å²) in [4.78, 5) is 16.7. The first-order chi connectivity index (χ1) is 13.7. The van der Waals surface area contributed by atoms with Gasteiger partial charge in [-0.15, -0.1) is 0 Å². The lowest BCUT2D eigenvalue weighted by atomic mass is 9.98. The van der Waals surface area contributed by atoms with E-state index in [1.807, 2.05) is 24.3 Å². The van der Waals surface area contributed by atoms with E-state index < -0.39 is 0 Å². The Bertz CT molecular complexity index is 847. The molecule has 1 atom stereocenters. The van der Waals surface area contributed by atoms with Gasteiger partial charge in [0.1, 0.15) is 0 Å². The summed E-state index contributed by atoms with van der Waals surface area (Å²) in [6, 6.07) is 20.7. The van der Waals surface area contributed by atoms with Crippen LogP contribution in [-0.4, -0.2) is 16.0 Å². The lowest BCUT2D eigenvalue weighted by Gasteiger charge is -2.19. The number of hydrogen-bond donors (Lipinski definition) is 1. The van der Waals surface area contributed by atoms with Gasteiger partial charge in [-0.25, -0.2) is 0 Å². The molecule has 1 unspecified atom stereocenters. The first kappa shape index (κ1) is 19.8. The van der Waals surface area contributed by atoms with Crippen LogP contribution in [0.2, 0.25) is 0 Å². The second-order valence-corrected chi connectivity index (χ2v) is 7.00. The molecule has 1 heterocycles. The van der Waals surface area contributed by atoms with E-state index in [-0.39, 0.29) is 11.9 Å². The molecule has 0 saturated heterocycles. The molecule has 5 nitrogen and oxygen atoms in total. The maximum absolute atomic E-state index is 12.5. The summed E-state index contributed by atoms with van der Waals surface area (Å²) in [5.74, 6) is 1.28. The van der Waals surface area contributed by atoms with Gasteiger partial charge in [0, 0.05) is 12.8 Å². The van der Waals surface area contributed by atoms with Gasteiger partial charge in [-0.3, -0.25) is 4.79 Å². The minimum absolute atomic E-state index is 0.0306. The van der Waals surface area contributed by atoms with Crippen molar-refractivity contribution in [3.05, 3.63) is 83.5 Å². The molecule has 0 spiro atoms. The Hall–Kier alpha value is -2.95. The van der Waals surface area contributed by atoms with Crippen LogP contribution in [0.15, 0.2) is 65.2 Å². The minimum atomic E-state index is 0.0306. The zero-order valence-corrected chi connectivity index (χ0v) is 16.3. The molecular formula is C23H27N3O2. The van der Waals surface area contributed by atoms with E-state index in [0.717, 1.165) is 24.8 Å². The zero-order chi connectivity index (χ0) is 19.6. The largest absolute Gasteiger partial charge is 0.349 e. The van der Waals surface area contributed by atoms with Crippen LogP contribution in [0.4, 0.5) is 0 Å². The SMILES string of the molecule is Cc1noc(CCCC(=O)NC(CCCc2ccccc2)c2ccccc2)n1. The van der Waals surface area contributed by atoms with E-state index in [9.17, 15) is 4.79 Å². The molecule has 1 N–H and O–H groups in total. The third-order valence-corrected chi connectivity index (χ3v) is 4.70. The highest BCUT2D eigenvalue weighted by Crippen LogP contribution is 2.20. The van der Waals surface area contributed by atoms with Gasteiger partial charge in [0.25, 0.3) is 0 Å². The van der Waals surface area contributed by atoms with E-state index in [2.05, 4.69) is 51.9 Å². The molecule has 0 radical (unpaired) electrons. The summed E-state index contributed by atoms with van der Waals surface area (Å²) >= 11 is 0. The predicted molar refractivity (Wildman–Crippen MR) is 109 cm³/mol. The Balaban J connectivity index is 1.50. The van der Waals surface area contributed by atoms with Crippen LogP contribution in [0.25, 0.3) is 0 Å². The topological polar surface area (TPSA) is 68.0 Å². The average molecular weight is 377 g/mol. The van der Waals surface area contributed by atoms with Crippen LogP contribution in [0.1, 0.15) is 54.6 Å². The van der Waals surface area contributed by atoms with Crippen LogP contribution in [0.3, 0.4) is 0 Å². The van der Waals surface area contributed by atoms with Crippen molar-refractivity contribution < 1.29 is 9.32 Å². The lowest BCUT2D eigenvalue weighted by Crippen LogP contribution is -2.28. The van der Waals surface area contributed by atoms with Gasteiger partial charge in [-0.1, -0.05) is 65.8 Å². The van der Waals surface area contributed by atoms with Gasteiger partial charge in [0.2, 0.25) is 11.8 Å². The van der Waals surface area contributed by atoms with Crippen LogP contribution >= 0.6 is 0 Å². The molecule has 0 saturated carbocycles. The van der Waals surface area contributed by atoms with E-state index in [4.69, 9.17) is 4.52 Å². The Morgan fingerprint density at radius 3 is 2.39 bits per heavy atom. The van der Waals surface area contributed by atoms with Gasteiger partial charge < -0.3 is 9.84 Å². The van der Waals surface area contributed by atoms with Crippen molar-refractivity contribution >= 4 is 5.91 Å². The third-order valence-electron chi connectivity index (χ3n) is 4.70. The monoisotopic (exact) mass is 377 g/mol. The number of carbonyl (C=O) groups excluding carboxylic acids is 1. The molecule has 0 bridgehead atoms. The molecule has 3 aromatic rings. The average Bonchev–Trinajstić information content (AvgIpc) is 3.14. The normalized spacial score (nSPS) is 11.9. The fourth-order valence-electron chi connectivity index (χ4n) is 3.27. The second kappa shape index (κ2) is 10.4. The highest BCUT2D eigenvalue weighted by molar-refractivity contribution is 5.76. The van der Waals surface area contributed by atoms with Crippen molar-refractivity contribution in [1.29, 1.82) is 0 Å². The summed E-state index contributed by atoms with van der Waals surface area (Å²) in [5, 5.41) is 6.98. The highest BCUT2D eigenvalue weighted by atomic mass is 16.5. The number of carbonyl (C=O) groups is 1. The molecule has 0 fully saturated rings. The van der Waals surface area contributed by atoms with Gasteiger partial charge in [-0.05, 0) is 43.7 Å². The Morgan fingerprint density at radius 2 is 1.71 bits per heavy atom.